The van der Waals surface area contributed by atoms with Crippen LogP contribution in [0.4, 0.5) is 5.69 Å². The van der Waals surface area contributed by atoms with Crippen LogP contribution in [0.1, 0.15) is 31.8 Å². The fraction of sp³-hybridized carbons (Fsp3) is 0.185. The molecule has 0 aliphatic carbocycles. The monoisotopic (exact) mass is 575 g/mol. The summed E-state index contributed by atoms with van der Waals surface area (Å²) in [6, 6.07) is 13.4. The van der Waals surface area contributed by atoms with Crippen molar-refractivity contribution in [3.63, 3.8) is 0 Å². The number of methoxy groups -OCH3 is 2. The van der Waals surface area contributed by atoms with Crippen LogP contribution >= 0.6 is 34.5 Å². The van der Waals surface area contributed by atoms with E-state index in [0.29, 0.717) is 49.8 Å². The molecule has 0 saturated carbocycles. The van der Waals surface area contributed by atoms with Crippen LogP contribution in [-0.2, 0) is 17.7 Å². The van der Waals surface area contributed by atoms with Crippen molar-refractivity contribution in [2.45, 2.75) is 19.1 Å². The largest absolute Gasteiger partial charge is 0.504 e. The quantitative estimate of drug-likeness (QED) is 0.156. The number of phenolic OH excluding ortho intramolecular Hbond substituents is 2. The molecule has 0 amide bonds. The Labute approximate surface area is 233 Å². The van der Waals surface area contributed by atoms with Crippen LogP contribution < -0.4 is 19.8 Å². The predicted octanol–water partition coefficient (Wildman–Crippen LogP) is 6.05. The second-order valence-corrected chi connectivity index (χ2v) is 10.1. The normalized spacial score (nSPS) is 11.6. The number of H-pyrrole nitrogens is 1. The van der Waals surface area contributed by atoms with E-state index < -0.39 is 12.1 Å². The number of halogens is 2. The smallest absolute Gasteiger partial charge is 0.348 e. The highest BCUT2D eigenvalue weighted by molar-refractivity contribution is 7.13. The molecule has 2 aromatic heterocycles. The highest BCUT2D eigenvalue weighted by Crippen LogP contribution is 2.36. The van der Waals surface area contributed by atoms with Crippen molar-refractivity contribution in [3.8, 4) is 23.0 Å². The second kappa shape index (κ2) is 12.3. The van der Waals surface area contributed by atoms with Crippen LogP contribution in [0.25, 0.3) is 0 Å². The average Bonchev–Trinajstić information content (AvgIpc) is 3.40. The Morgan fingerprint density at radius 3 is 2.47 bits per heavy atom. The van der Waals surface area contributed by atoms with E-state index in [1.54, 1.807) is 62.0 Å². The SMILES string of the molecule is COc1ccc([C@H](Cc2c(Cl)c[nH+]cc2Cl)OC(=O)c2ccc(CNc3cccc(O)c3O)s2)cc1OC. The van der Waals surface area contributed by atoms with E-state index in [-0.39, 0.29) is 17.9 Å². The molecule has 0 aliphatic heterocycles. The van der Waals surface area contributed by atoms with E-state index in [2.05, 4.69) is 10.3 Å². The van der Waals surface area contributed by atoms with Gasteiger partial charge in [-0.1, -0.05) is 35.3 Å². The number of rotatable bonds is 10. The van der Waals surface area contributed by atoms with Gasteiger partial charge in [0.25, 0.3) is 0 Å². The summed E-state index contributed by atoms with van der Waals surface area (Å²) in [4.78, 5) is 17.3. The van der Waals surface area contributed by atoms with Crippen LogP contribution in [0.5, 0.6) is 23.0 Å². The third-order valence-electron chi connectivity index (χ3n) is 5.75. The molecule has 0 aliphatic rings. The molecule has 4 rings (SSSR count). The van der Waals surface area contributed by atoms with Crippen LogP contribution in [-0.4, -0.2) is 30.4 Å². The summed E-state index contributed by atoms with van der Waals surface area (Å²) >= 11 is 14.0. The third-order valence-corrected chi connectivity index (χ3v) is 7.49. The van der Waals surface area contributed by atoms with E-state index in [4.69, 9.17) is 37.4 Å². The molecule has 1 atom stereocenters. The first-order valence-electron chi connectivity index (χ1n) is 11.4. The molecule has 0 bridgehead atoms. The van der Waals surface area contributed by atoms with Gasteiger partial charge in [0.1, 0.15) is 21.0 Å². The lowest BCUT2D eigenvalue weighted by Gasteiger charge is -2.20. The van der Waals surface area contributed by atoms with Crippen LogP contribution in [0, 0.1) is 0 Å². The number of esters is 1. The number of benzene rings is 2. The van der Waals surface area contributed by atoms with Crippen molar-refractivity contribution in [2.75, 3.05) is 19.5 Å². The average molecular weight is 576 g/mol. The number of anilines is 1. The van der Waals surface area contributed by atoms with Crippen molar-refractivity contribution in [2.24, 2.45) is 0 Å². The lowest BCUT2D eigenvalue weighted by molar-refractivity contribution is -0.377. The third kappa shape index (κ3) is 6.24. The summed E-state index contributed by atoms with van der Waals surface area (Å²) in [6.07, 6.45) is 2.72. The Morgan fingerprint density at radius 2 is 1.76 bits per heavy atom. The van der Waals surface area contributed by atoms with Gasteiger partial charge in [0.2, 0.25) is 0 Å². The van der Waals surface area contributed by atoms with Crippen LogP contribution in [0.2, 0.25) is 10.0 Å². The van der Waals surface area contributed by atoms with Crippen molar-refractivity contribution < 1.29 is 34.2 Å². The maximum absolute atomic E-state index is 13.2. The van der Waals surface area contributed by atoms with Gasteiger partial charge in [0.05, 0.1) is 19.9 Å². The van der Waals surface area contributed by atoms with E-state index in [1.807, 2.05) is 0 Å². The zero-order chi connectivity index (χ0) is 27.2. The van der Waals surface area contributed by atoms with E-state index >= 15 is 0 Å². The van der Waals surface area contributed by atoms with Crippen LogP contribution in [0.3, 0.4) is 0 Å². The maximum atomic E-state index is 13.2. The molecule has 11 heteroatoms. The molecular weight excluding hydrogens is 551 g/mol. The molecule has 2 aromatic carbocycles. The molecule has 0 saturated heterocycles. The fourth-order valence-electron chi connectivity index (χ4n) is 3.76. The zero-order valence-corrected chi connectivity index (χ0v) is 22.8. The molecule has 0 radical (unpaired) electrons. The number of hydrogen-bond acceptors (Lipinski definition) is 8. The van der Waals surface area contributed by atoms with Gasteiger partial charge in [-0.25, -0.2) is 9.78 Å². The topological polar surface area (TPSA) is 111 Å². The van der Waals surface area contributed by atoms with Crippen molar-refractivity contribution in [1.82, 2.24) is 0 Å². The predicted molar refractivity (Wildman–Crippen MR) is 146 cm³/mol. The highest BCUT2D eigenvalue weighted by atomic mass is 35.5. The minimum absolute atomic E-state index is 0.219. The summed E-state index contributed by atoms with van der Waals surface area (Å²) in [6.45, 7) is 0.333. The van der Waals surface area contributed by atoms with E-state index in [1.165, 1.54) is 24.5 Å². The molecule has 38 heavy (non-hydrogen) atoms. The summed E-state index contributed by atoms with van der Waals surface area (Å²) in [5, 5.41) is 23.5. The lowest BCUT2D eigenvalue weighted by atomic mass is 10.0. The number of aromatic hydroxyl groups is 2. The summed E-state index contributed by atoms with van der Waals surface area (Å²) in [7, 11) is 3.07. The number of aromatic nitrogens is 1. The van der Waals surface area contributed by atoms with Gasteiger partial charge >= 0.3 is 5.97 Å². The van der Waals surface area contributed by atoms with E-state index in [9.17, 15) is 15.0 Å². The molecule has 4 aromatic rings. The van der Waals surface area contributed by atoms with Gasteiger partial charge in [-0.2, -0.15) is 0 Å². The maximum Gasteiger partial charge on any atom is 0.348 e. The number of ether oxygens (including phenoxy) is 3. The standard InChI is InChI=1S/C27H24Cl2N2O6S/c1-35-22-8-6-15(10-24(22)36-2)23(11-17-18(28)13-30-14-19(17)29)37-27(34)25-9-7-16(38-25)12-31-20-4-3-5-21(32)26(20)33/h3-10,13-14,23,31-33H,11-12H2,1-2H3/p+1/t23-/m0/s1. The second-order valence-electron chi connectivity index (χ2n) is 8.14. The molecule has 2 heterocycles. The molecule has 198 valence electrons. The number of phenols is 2. The Balaban J connectivity index is 1.56. The van der Waals surface area contributed by atoms with Gasteiger partial charge in [0, 0.05) is 23.4 Å². The Kier molecular flexibility index (Phi) is 8.83. The molecular formula is C27H25Cl2N2O6S+. The lowest BCUT2D eigenvalue weighted by Crippen LogP contribution is -2.15. The number of para-hydroxylation sites is 1. The first-order valence-corrected chi connectivity index (χ1v) is 13.0. The minimum atomic E-state index is -0.729. The summed E-state index contributed by atoms with van der Waals surface area (Å²) in [5.41, 5.74) is 1.68. The van der Waals surface area contributed by atoms with Crippen molar-refractivity contribution in [3.05, 3.63) is 91.9 Å². The first kappa shape index (κ1) is 27.4. The molecule has 0 spiro atoms. The molecule has 4 N–H and O–H groups in total. The molecule has 0 unspecified atom stereocenters. The van der Waals surface area contributed by atoms with Gasteiger partial charge in [-0.15, -0.1) is 11.3 Å². The number of hydrogen-bond donors (Lipinski definition) is 3. The number of carbonyl (C=O) groups is 1. The van der Waals surface area contributed by atoms with Crippen LogP contribution in [0.15, 0.2) is 60.9 Å². The van der Waals surface area contributed by atoms with Gasteiger partial charge in [-0.05, 0) is 42.0 Å². The Bertz CT molecular complexity index is 1420. The number of pyridine rings is 1. The zero-order valence-electron chi connectivity index (χ0n) is 20.5. The highest BCUT2D eigenvalue weighted by Gasteiger charge is 2.24. The van der Waals surface area contributed by atoms with Crippen molar-refractivity contribution in [1.29, 1.82) is 0 Å². The van der Waals surface area contributed by atoms with Gasteiger partial charge in [-0.3, -0.25) is 0 Å². The summed E-state index contributed by atoms with van der Waals surface area (Å²) < 4.78 is 16.7. The minimum Gasteiger partial charge on any atom is -0.504 e. The first-order chi connectivity index (χ1) is 18.3. The number of carbonyl (C=O) groups excluding carboxylic acids is 1. The summed E-state index contributed by atoms with van der Waals surface area (Å²) in [5.74, 6) is 0.0561. The Hall–Kier alpha value is -3.66. The number of thiophene rings is 1. The van der Waals surface area contributed by atoms with E-state index in [0.717, 1.165) is 4.88 Å². The number of nitrogens with one attached hydrogen (secondary N) is 2. The molecule has 8 nitrogen and oxygen atoms in total. The van der Waals surface area contributed by atoms with Gasteiger partial charge < -0.3 is 29.7 Å². The fourth-order valence-corrected chi connectivity index (χ4v) is 5.13. The van der Waals surface area contributed by atoms with Gasteiger partial charge in [0.15, 0.2) is 35.4 Å². The Morgan fingerprint density at radius 1 is 1.03 bits per heavy atom. The molecule has 0 fully saturated rings. The number of aromatic amines is 1. The van der Waals surface area contributed by atoms with Crippen molar-refractivity contribution >= 4 is 46.2 Å².